The van der Waals surface area contributed by atoms with E-state index in [1.165, 1.54) is 18.2 Å². The van der Waals surface area contributed by atoms with E-state index < -0.39 is 5.82 Å². The van der Waals surface area contributed by atoms with Gasteiger partial charge in [0.05, 0.1) is 4.47 Å². The van der Waals surface area contributed by atoms with Crippen LogP contribution in [0.2, 0.25) is 0 Å². The summed E-state index contributed by atoms with van der Waals surface area (Å²) in [4.78, 5) is 15.3. The predicted octanol–water partition coefficient (Wildman–Crippen LogP) is 1.47. The number of hydrogen-bond acceptors (Lipinski definition) is 7. The second-order valence-electron chi connectivity index (χ2n) is 6.13. The summed E-state index contributed by atoms with van der Waals surface area (Å²) < 4.78 is 18.3. The number of halogens is 2. The second kappa shape index (κ2) is 9.32. The maximum atomic E-state index is 13.4. The second-order valence-corrected chi connectivity index (χ2v) is 6.98. The van der Waals surface area contributed by atoms with Crippen LogP contribution in [-0.4, -0.2) is 46.3 Å². The molecule has 0 spiro atoms. The first kappa shape index (κ1) is 20.5. The number of anilines is 2. The molecule has 1 aliphatic carbocycles. The average molecular weight is 469 g/mol. The van der Waals surface area contributed by atoms with E-state index in [9.17, 15) is 14.4 Å². The number of nitrogens with zero attached hydrogens (tertiary/aromatic N) is 4. The zero-order valence-corrected chi connectivity index (χ0v) is 16.6. The first-order chi connectivity index (χ1) is 14.0. The Morgan fingerprint density at radius 2 is 2.17 bits per heavy atom. The smallest absolute Gasteiger partial charge is 0.251 e. The third-order valence-electron chi connectivity index (χ3n) is 3.88. The molecule has 3 rings (SSSR count). The normalized spacial score (nSPS) is 14.6. The fourth-order valence-corrected chi connectivity index (χ4v) is 2.63. The van der Waals surface area contributed by atoms with E-state index in [0.717, 1.165) is 12.8 Å². The van der Waals surface area contributed by atoms with Crippen LogP contribution in [0.15, 0.2) is 37.4 Å². The topological polar surface area (TPSA) is 163 Å². The number of nitrogens with one attached hydrogen (secondary N) is 3. The lowest BCUT2D eigenvalue weighted by atomic mass is 10.3. The highest BCUT2D eigenvalue weighted by Gasteiger charge is 2.29. The zero-order valence-electron chi connectivity index (χ0n) is 15.0. The summed E-state index contributed by atoms with van der Waals surface area (Å²) in [7, 11) is 0. The van der Waals surface area contributed by atoms with Crippen molar-refractivity contribution < 1.29 is 19.0 Å². The van der Waals surface area contributed by atoms with E-state index in [1.807, 2.05) is 0 Å². The SMILES string of the molecule is N/C(=N\C(=O)C1CC1)NCCNc1nonc1/C(=N/O)Nc1ccc(F)c(Br)c1. The number of aromatic nitrogens is 2. The van der Waals surface area contributed by atoms with Crippen molar-refractivity contribution in [1.82, 2.24) is 15.6 Å². The predicted molar refractivity (Wildman–Crippen MR) is 106 cm³/mol. The van der Waals surface area contributed by atoms with E-state index in [-0.39, 0.29) is 39.6 Å². The highest BCUT2D eigenvalue weighted by molar-refractivity contribution is 9.10. The largest absolute Gasteiger partial charge is 0.409 e. The maximum absolute atomic E-state index is 13.4. The highest BCUT2D eigenvalue weighted by atomic mass is 79.9. The van der Waals surface area contributed by atoms with Gasteiger partial charge in [-0.25, -0.2) is 9.02 Å². The summed E-state index contributed by atoms with van der Waals surface area (Å²) >= 11 is 3.08. The summed E-state index contributed by atoms with van der Waals surface area (Å²) in [5.74, 6) is -0.453. The third-order valence-corrected chi connectivity index (χ3v) is 4.48. The van der Waals surface area contributed by atoms with Gasteiger partial charge in [0.25, 0.3) is 5.91 Å². The van der Waals surface area contributed by atoms with E-state index in [0.29, 0.717) is 18.8 Å². The van der Waals surface area contributed by atoms with E-state index >= 15 is 0 Å². The number of guanidine groups is 1. The Labute approximate surface area is 172 Å². The molecule has 2 aromatic rings. The van der Waals surface area contributed by atoms with Crippen LogP contribution in [0, 0.1) is 11.7 Å². The first-order valence-corrected chi connectivity index (χ1v) is 9.40. The molecule has 154 valence electrons. The summed E-state index contributed by atoms with van der Waals surface area (Å²) in [6.45, 7) is 0.666. The van der Waals surface area contributed by atoms with Crippen molar-refractivity contribution >= 4 is 45.1 Å². The van der Waals surface area contributed by atoms with Gasteiger partial charge in [-0.1, -0.05) is 5.16 Å². The van der Waals surface area contributed by atoms with Crippen LogP contribution in [0.4, 0.5) is 15.9 Å². The number of hydrogen-bond donors (Lipinski definition) is 5. The molecule has 13 heteroatoms. The van der Waals surface area contributed by atoms with Crippen LogP contribution in [0.3, 0.4) is 0 Å². The summed E-state index contributed by atoms with van der Waals surface area (Å²) in [5, 5.41) is 28.4. The highest BCUT2D eigenvalue weighted by Crippen LogP contribution is 2.29. The number of oxime groups is 1. The number of carbonyl (C=O) groups excluding carboxylic acids is 1. The van der Waals surface area contributed by atoms with Crippen LogP contribution >= 0.6 is 15.9 Å². The Balaban J connectivity index is 1.54. The fraction of sp³-hybridized carbons (Fsp3) is 0.312. The summed E-state index contributed by atoms with van der Waals surface area (Å²) in [5.41, 5.74) is 6.22. The third kappa shape index (κ3) is 5.63. The Bertz CT molecular complexity index is 944. The fourth-order valence-electron chi connectivity index (χ4n) is 2.25. The molecule has 1 fully saturated rings. The van der Waals surface area contributed by atoms with E-state index in [4.69, 9.17) is 10.4 Å². The number of carbonyl (C=O) groups is 1. The molecular formula is C16H18BrFN8O3. The van der Waals surface area contributed by atoms with Crippen LogP contribution < -0.4 is 21.7 Å². The Hall–Kier alpha value is -3.22. The lowest BCUT2D eigenvalue weighted by molar-refractivity contribution is -0.118. The number of amides is 1. The molecule has 1 amide bonds. The van der Waals surface area contributed by atoms with Gasteiger partial charge in [-0.2, -0.15) is 4.99 Å². The van der Waals surface area contributed by atoms with Gasteiger partial charge in [0, 0.05) is 24.7 Å². The van der Waals surface area contributed by atoms with Crippen molar-refractivity contribution in [3.8, 4) is 0 Å². The molecule has 29 heavy (non-hydrogen) atoms. The number of amidine groups is 1. The Morgan fingerprint density at radius 1 is 1.38 bits per heavy atom. The molecule has 0 bridgehead atoms. The lowest BCUT2D eigenvalue weighted by Crippen LogP contribution is -2.36. The monoisotopic (exact) mass is 468 g/mol. The van der Waals surface area contributed by atoms with Crippen LogP contribution in [-0.2, 0) is 4.79 Å². The van der Waals surface area contributed by atoms with E-state index in [1.54, 1.807) is 0 Å². The first-order valence-electron chi connectivity index (χ1n) is 8.60. The molecule has 1 aromatic carbocycles. The van der Waals surface area contributed by atoms with Crippen LogP contribution in [0.25, 0.3) is 0 Å². The van der Waals surface area contributed by atoms with Gasteiger partial charge < -0.3 is 26.9 Å². The number of rotatable bonds is 7. The average Bonchev–Trinajstić information content (AvgIpc) is 3.45. The summed E-state index contributed by atoms with van der Waals surface area (Å²) in [6.07, 6.45) is 1.72. The Morgan fingerprint density at radius 3 is 2.86 bits per heavy atom. The molecule has 1 aromatic heterocycles. The zero-order chi connectivity index (χ0) is 20.8. The van der Waals surface area contributed by atoms with Gasteiger partial charge in [-0.05, 0) is 57.3 Å². The molecule has 1 aliphatic rings. The van der Waals surface area contributed by atoms with Gasteiger partial charge >= 0.3 is 0 Å². The van der Waals surface area contributed by atoms with Crippen molar-refractivity contribution in [1.29, 1.82) is 0 Å². The minimum Gasteiger partial charge on any atom is -0.409 e. The van der Waals surface area contributed by atoms with Crippen molar-refractivity contribution in [2.24, 2.45) is 21.8 Å². The van der Waals surface area contributed by atoms with Gasteiger partial charge in [0.15, 0.2) is 11.7 Å². The van der Waals surface area contributed by atoms with E-state index in [2.05, 4.69) is 52.3 Å². The minimum absolute atomic E-state index is 0.00246. The van der Waals surface area contributed by atoms with Gasteiger partial charge in [-0.15, -0.1) is 0 Å². The minimum atomic E-state index is -0.433. The maximum Gasteiger partial charge on any atom is 0.251 e. The molecule has 0 unspecified atom stereocenters. The Kier molecular flexibility index (Phi) is 6.59. The van der Waals surface area contributed by atoms with Crippen molar-refractivity contribution in [3.63, 3.8) is 0 Å². The van der Waals surface area contributed by atoms with Gasteiger partial charge in [0.1, 0.15) is 5.82 Å². The van der Waals surface area contributed by atoms with Crippen molar-refractivity contribution in [2.45, 2.75) is 12.8 Å². The van der Waals surface area contributed by atoms with Crippen LogP contribution in [0.5, 0.6) is 0 Å². The standard InChI is InChI=1S/C16H18BrFN8O3/c17-10-7-9(3-4-11(10)18)22-14(24-28)12-13(26-29-25-12)20-5-6-21-16(19)23-15(27)8-1-2-8/h3-4,7-8,28H,1-2,5-6H2,(H,20,26)(H,22,24)(H3,19,21,23,27). The van der Waals surface area contributed by atoms with Crippen molar-refractivity contribution in [3.05, 3.63) is 34.2 Å². The molecule has 0 atom stereocenters. The molecule has 1 saturated carbocycles. The lowest BCUT2D eigenvalue weighted by Gasteiger charge is -2.09. The van der Waals surface area contributed by atoms with Gasteiger partial charge in [0.2, 0.25) is 11.7 Å². The number of benzene rings is 1. The molecule has 6 N–H and O–H groups in total. The van der Waals surface area contributed by atoms with Crippen molar-refractivity contribution in [2.75, 3.05) is 23.7 Å². The van der Waals surface area contributed by atoms with Crippen LogP contribution in [0.1, 0.15) is 18.5 Å². The number of nitrogens with two attached hydrogens (primary N) is 1. The molecule has 11 nitrogen and oxygen atoms in total. The quantitative estimate of drug-likeness (QED) is 0.133. The molecule has 0 saturated heterocycles. The molecule has 1 heterocycles. The molecule has 0 radical (unpaired) electrons. The molecular weight excluding hydrogens is 451 g/mol. The van der Waals surface area contributed by atoms with Gasteiger partial charge in [-0.3, -0.25) is 4.79 Å². The number of aliphatic imine (C=N–C) groups is 1. The summed E-state index contributed by atoms with van der Waals surface area (Å²) in [6, 6.07) is 4.17. The molecule has 0 aliphatic heterocycles.